The van der Waals surface area contributed by atoms with Gasteiger partial charge in [-0.3, -0.25) is 4.79 Å². The highest BCUT2D eigenvalue weighted by molar-refractivity contribution is 6.00. The lowest BCUT2D eigenvalue weighted by Gasteiger charge is -2.13. The van der Waals surface area contributed by atoms with E-state index in [9.17, 15) is 19.5 Å². The molecule has 0 radical (unpaired) electrons. The standard InChI is InChI=1S/C13H10N2O5/c16-11-8-4-2-1-3-7(8)10(12(17)18)14-15(11)9-5-6-20-13(9)19/h1-4,9H,5-6H2,(H,17,18)/p-1/t9-/m0/s1. The van der Waals surface area contributed by atoms with E-state index in [1.807, 2.05) is 0 Å². The number of carboxylic acids is 1. The van der Waals surface area contributed by atoms with Crippen molar-refractivity contribution in [2.24, 2.45) is 0 Å². The van der Waals surface area contributed by atoms with Gasteiger partial charge in [0, 0.05) is 11.8 Å². The average Bonchev–Trinajstić information content (AvgIpc) is 2.85. The molecule has 1 aromatic carbocycles. The molecular formula is C13H9N2O5-. The molecule has 3 rings (SSSR count). The molecule has 0 amide bonds. The molecule has 1 fully saturated rings. The molecule has 0 N–H and O–H groups in total. The highest BCUT2D eigenvalue weighted by Gasteiger charge is 2.31. The zero-order chi connectivity index (χ0) is 14.3. The zero-order valence-corrected chi connectivity index (χ0v) is 10.2. The van der Waals surface area contributed by atoms with Gasteiger partial charge >= 0.3 is 5.97 Å². The number of benzene rings is 1. The third kappa shape index (κ3) is 1.75. The monoisotopic (exact) mass is 273 g/mol. The Morgan fingerprint density at radius 2 is 2.00 bits per heavy atom. The summed E-state index contributed by atoms with van der Waals surface area (Å²) in [5, 5.41) is 15.3. The summed E-state index contributed by atoms with van der Waals surface area (Å²) in [4.78, 5) is 35.0. The van der Waals surface area contributed by atoms with Crippen molar-refractivity contribution in [2.75, 3.05) is 6.61 Å². The second-order valence-corrected chi connectivity index (χ2v) is 4.40. The maximum atomic E-state index is 12.3. The van der Waals surface area contributed by atoms with Crippen LogP contribution < -0.4 is 10.7 Å². The summed E-state index contributed by atoms with van der Waals surface area (Å²) < 4.78 is 5.66. The highest BCUT2D eigenvalue weighted by atomic mass is 16.5. The number of fused-ring (bicyclic) bond motifs is 1. The molecular weight excluding hydrogens is 264 g/mol. The molecule has 1 aliphatic heterocycles. The smallest absolute Gasteiger partial charge is 0.331 e. The molecule has 0 saturated carbocycles. The number of esters is 1. The first kappa shape index (κ1) is 12.3. The maximum absolute atomic E-state index is 12.3. The number of carbonyl (C=O) groups is 2. The number of hydrogen-bond donors (Lipinski definition) is 0. The van der Waals surface area contributed by atoms with Crippen LogP contribution in [0.25, 0.3) is 10.8 Å². The fraction of sp³-hybridized carbons (Fsp3) is 0.231. The van der Waals surface area contributed by atoms with Crippen LogP contribution in [0.4, 0.5) is 0 Å². The maximum Gasteiger partial charge on any atom is 0.331 e. The molecule has 0 bridgehead atoms. The number of carbonyl (C=O) groups excluding carboxylic acids is 2. The lowest BCUT2D eigenvalue weighted by atomic mass is 10.1. The van der Waals surface area contributed by atoms with Gasteiger partial charge in [0.2, 0.25) is 0 Å². The van der Waals surface area contributed by atoms with Crippen LogP contribution in [0, 0.1) is 0 Å². The second-order valence-electron chi connectivity index (χ2n) is 4.40. The Kier molecular flexibility index (Phi) is 2.74. The van der Waals surface area contributed by atoms with Gasteiger partial charge in [0.15, 0.2) is 6.04 Å². The Labute approximate surface area is 112 Å². The summed E-state index contributed by atoms with van der Waals surface area (Å²) in [5.41, 5.74) is -0.880. The normalized spacial score (nSPS) is 18.2. The predicted octanol–water partition coefficient (Wildman–Crippen LogP) is -0.752. The van der Waals surface area contributed by atoms with Crippen LogP contribution >= 0.6 is 0 Å². The van der Waals surface area contributed by atoms with Gasteiger partial charge in [0.1, 0.15) is 5.69 Å². The van der Waals surface area contributed by atoms with Crippen LogP contribution in [0.2, 0.25) is 0 Å². The minimum Gasteiger partial charge on any atom is -0.543 e. The third-order valence-corrected chi connectivity index (χ3v) is 3.22. The van der Waals surface area contributed by atoms with Crippen molar-refractivity contribution in [3.05, 3.63) is 40.3 Å². The van der Waals surface area contributed by atoms with E-state index in [4.69, 9.17) is 4.74 Å². The van der Waals surface area contributed by atoms with Crippen molar-refractivity contribution in [1.29, 1.82) is 0 Å². The van der Waals surface area contributed by atoms with Crippen LogP contribution in [0.15, 0.2) is 29.1 Å². The number of ether oxygens (including phenoxy) is 1. The van der Waals surface area contributed by atoms with Gasteiger partial charge in [-0.1, -0.05) is 18.2 Å². The quantitative estimate of drug-likeness (QED) is 0.667. The summed E-state index contributed by atoms with van der Waals surface area (Å²) >= 11 is 0. The summed E-state index contributed by atoms with van der Waals surface area (Å²) in [7, 11) is 0. The predicted molar refractivity (Wildman–Crippen MR) is 64.9 cm³/mol. The van der Waals surface area contributed by atoms with E-state index in [1.165, 1.54) is 12.1 Å². The first-order chi connectivity index (χ1) is 9.59. The minimum atomic E-state index is -1.50. The second kappa shape index (κ2) is 4.44. The largest absolute Gasteiger partial charge is 0.543 e. The van der Waals surface area contributed by atoms with Crippen LogP contribution in [-0.2, 0) is 9.53 Å². The Morgan fingerprint density at radius 1 is 1.30 bits per heavy atom. The molecule has 2 aromatic rings. The number of rotatable bonds is 2. The minimum absolute atomic E-state index is 0.182. The van der Waals surface area contributed by atoms with Crippen molar-refractivity contribution in [2.45, 2.75) is 12.5 Å². The number of cyclic esters (lactones) is 1. The van der Waals surface area contributed by atoms with Crippen LogP contribution in [0.5, 0.6) is 0 Å². The SMILES string of the molecule is O=C([O-])c1nn([C@H]2CCOC2=O)c(=O)c2ccccc12. The van der Waals surface area contributed by atoms with Gasteiger partial charge in [0.05, 0.1) is 18.0 Å². The topological polar surface area (TPSA) is 101 Å². The lowest BCUT2D eigenvalue weighted by Crippen LogP contribution is -2.34. The van der Waals surface area contributed by atoms with Gasteiger partial charge < -0.3 is 14.6 Å². The molecule has 7 nitrogen and oxygen atoms in total. The Morgan fingerprint density at radius 3 is 2.60 bits per heavy atom. The first-order valence-electron chi connectivity index (χ1n) is 5.99. The van der Waals surface area contributed by atoms with E-state index in [2.05, 4.69) is 5.10 Å². The molecule has 2 heterocycles. The molecule has 1 saturated heterocycles. The number of aromatic nitrogens is 2. The van der Waals surface area contributed by atoms with Gasteiger partial charge in [-0.05, 0) is 6.07 Å². The third-order valence-electron chi connectivity index (χ3n) is 3.22. The number of aromatic carboxylic acids is 1. The van der Waals surface area contributed by atoms with Gasteiger partial charge in [0.25, 0.3) is 5.56 Å². The molecule has 7 heteroatoms. The molecule has 0 unspecified atom stereocenters. The Balaban J connectivity index is 2.33. The Hall–Kier alpha value is -2.70. The Bertz CT molecular complexity index is 780. The van der Waals surface area contributed by atoms with Crippen molar-refractivity contribution >= 4 is 22.7 Å². The average molecular weight is 273 g/mol. The summed E-state index contributed by atoms with van der Waals surface area (Å²) in [5.74, 6) is -2.08. The number of nitrogens with zero attached hydrogens (tertiary/aromatic N) is 2. The van der Waals surface area contributed by atoms with E-state index in [1.54, 1.807) is 12.1 Å². The number of carboxylic acid groups (broad SMARTS) is 1. The summed E-state index contributed by atoms with van der Waals surface area (Å²) in [6.45, 7) is 0.186. The van der Waals surface area contributed by atoms with E-state index in [-0.39, 0.29) is 29.5 Å². The molecule has 0 spiro atoms. The van der Waals surface area contributed by atoms with E-state index in [0.717, 1.165) is 4.68 Å². The first-order valence-corrected chi connectivity index (χ1v) is 5.99. The lowest BCUT2D eigenvalue weighted by molar-refractivity contribution is -0.255. The van der Waals surface area contributed by atoms with Crippen LogP contribution in [-0.4, -0.2) is 28.3 Å². The van der Waals surface area contributed by atoms with E-state index < -0.39 is 23.5 Å². The van der Waals surface area contributed by atoms with Crippen LogP contribution in [0.3, 0.4) is 0 Å². The van der Waals surface area contributed by atoms with Crippen molar-refractivity contribution in [1.82, 2.24) is 9.78 Å². The summed E-state index contributed by atoms with van der Waals surface area (Å²) in [6.07, 6.45) is 0.288. The molecule has 1 aromatic heterocycles. The molecule has 1 atom stereocenters. The molecule has 1 aliphatic rings. The highest BCUT2D eigenvalue weighted by Crippen LogP contribution is 2.20. The van der Waals surface area contributed by atoms with Crippen molar-refractivity contribution in [3.63, 3.8) is 0 Å². The molecule has 102 valence electrons. The van der Waals surface area contributed by atoms with Crippen molar-refractivity contribution < 1.29 is 19.4 Å². The fourth-order valence-corrected chi connectivity index (χ4v) is 2.28. The van der Waals surface area contributed by atoms with E-state index >= 15 is 0 Å². The zero-order valence-electron chi connectivity index (χ0n) is 10.2. The molecule has 20 heavy (non-hydrogen) atoms. The molecule has 0 aliphatic carbocycles. The van der Waals surface area contributed by atoms with Gasteiger partial charge in [-0.2, -0.15) is 5.10 Å². The van der Waals surface area contributed by atoms with Crippen molar-refractivity contribution in [3.8, 4) is 0 Å². The summed E-state index contributed by atoms with van der Waals surface area (Å²) in [6, 6.07) is 5.30. The van der Waals surface area contributed by atoms with Crippen LogP contribution in [0.1, 0.15) is 23.0 Å². The van der Waals surface area contributed by atoms with E-state index in [0.29, 0.717) is 0 Å². The van der Waals surface area contributed by atoms with Gasteiger partial charge in [-0.25, -0.2) is 9.48 Å². The fourth-order valence-electron chi connectivity index (χ4n) is 2.28. The van der Waals surface area contributed by atoms with Gasteiger partial charge in [-0.15, -0.1) is 0 Å². The number of hydrogen-bond acceptors (Lipinski definition) is 6.